The van der Waals surface area contributed by atoms with Crippen LogP contribution >= 0.6 is 11.6 Å². The lowest BCUT2D eigenvalue weighted by atomic mass is 10.1. The predicted molar refractivity (Wildman–Crippen MR) is 79.7 cm³/mol. The molecule has 0 amide bonds. The molecule has 1 unspecified atom stereocenters. The van der Waals surface area contributed by atoms with E-state index in [9.17, 15) is 5.11 Å². The van der Waals surface area contributed by atoms with E-state index < -0.39 is 6.10 Å². The lowest BCUT2D eigenvalue weighted by Gasteiger charge is -2.09. The summed E-state index contributed by atoms with van der Waals surface area (Å²) in [6.45, 7) is 0.222. The Morgan fingerprint density at radius 1 is 1.10 bits per heavy atom. The molecule has 0 aliphatic carbocycles. The molecule has 0 radical (unpaired) electrons. The third-order valence-electron chi connectivity index (χ3n) is 3.05. The molecule has 1 atom stereocenters. The van der Waals surface area contributed by atoms with Crippen LogP contribution in [0.3, 0.4) is 0 Å². The van der Waals surface area contributed by atoms with Crippen LogP contribution in [0.15, 0.2) is 54.6 Å². The van der Waals surface area contributed by atoms with Crippen LogP contribution in [0.5, 0.6) is 0 Å². The fourth-order valence-electron chi connectivity index (χ4n) is 2.00. The van der Waals surface area contributed by atoms with Gasteiger partial charge in [0.1, 0.15) is 6.10 Å². The summed E-state index contributed by atoms with van der Waals surface area (Å²) in [6.07, 6.45) is -0.735. The predicted octanol–water partition coefficient (Wildman–Crippen LogP) is 2.73. The van der Waals surface area contributed by atoms with Crippen molar-refractivity contribution in [3.05, 3.63) is 65.2 Å². The van der Waals surface area contributed by atoms with E-state index >= 15 is 0 Å². The van der Waals surface area contributed by atoms with Crippen molar-refractivity contribution in [1.29, 1.82) is 0 Å². The van der Waals surface area contributed by atoms with Crippen LogP contribution in [0.2, 0.25) is 5.02 Å². The number of tetrazole rings is 1. The molecule has 0 bridgehead atoms. The average molecular weight is 301 g/mol. The summed E-state index contributed by atoms with van der Waals surface area (Å²) < 4.78 is 0. The van der Waals surface area contributed by atoms with Gasteiger partial charge in [0, 0.05) is 10.6 Å². The van der Waals surface area contributed by atoms with Crippen molar-refractivity contribution in [1.82, 2.24) is 20.2 Å². The first-order valence-corrected chi connectivity index (χ1v) is 6.87. The van der Waals surface area contributed by atoms with Crippen molar-refractivity contribution < 1.29 is 5.11 Å². The molecule has 1 N–H and O–H groups in total. The zero-order valence-corrected chi connectivity index (χ0v) is 11.9. The Morgan fingerprint density at radius 2 is 1.90 bits per heavy atom. The lowest BCUT2D eigenvalue weighted by Crippen LogP contribution is -2.11. The molecule has 0 aliphatic heterocycles. The number of aromatic nitrogens is 4. The van der Waals surface area contributed by atoms with Gasteiger partial charge in [-0.1, -0.05) is 54.1 Å². The fourth-order valence-corrected chi connectivity index (χ4v) is 2.20. The summed E-state index contributed by atoms with van der Waals surface area (Å²) in [7, 11) is 0. The molecular formula is C15H13ClN4O. The van der Waals surface area contributed by atoms with Gasteiger partial charge in [-0.15, -0.1) is 10.2 Å². The van der Waals surface area contributed by atoms with E-state index in [2.05, 4.69) is 15.4 Å². The Labute approximate surface area is 126 Å². The van der Waals surface area contributed by atoms with Crippen LogP contribution in [0.4, 0.5) is 0 Å². The Kier molecular flexibility index (Phi) is 3.94. The molecule has 1 aromatic heterocycles. The Morgan fingerprint density at radius 3 is 2.67 bits per heavy atom. The molecule has 5 nitrogen and oxygen atoms in total. The van der Waals surface area contributed by atoms with E-state index in [1.165, 1.54) is 4.80 Å². The molecular weight excluding hydrogens is 288 g/mol. The topological polar surface area (TPSA) is 63.8 Å². The standard InChI is InChI=1S/C15H13ClN4O/c16-13-8-4-7-12(9-13)14(21)10-20-18-15(17-19-20)11-5-2-1-3-6-11/h1-9,14,21H,10H2. The average Bonchev–Trinajstić information content (AvgIpc) is 2.97. The largest absolute Gasteiger partial charge is 0.386 e. The summed E-state index contributed by atoms with van der Waals surface area (Å²) in [5.74, 6) is 0.536. The maximum absolute atomic E-state index is 10.2. The van der Waals surface area contributed by atoms with Crippen molar-refractivity contribution in [2.45, 2.75) is 12.6 Å². The number of hydrogen-bond acceptors (Lipinski definition) is 4. The second kappa shape index (κ2) is 6.03. The smallest absolute Gasteiger partial charge is 0.204 e. The summed E-state index contributed by atoms with van der Waals surface area (Å²) >= 11 is 5.91. The highest BCUT2D eigenvalue weighted by Crippen LogP contribution is 2.19. The van der Waals surface area contributed by atoms with Gasteiger partial charge >= 0.3 is 0 Å². The second-order valence-electron chi connectivity index (χ2n) is 4.60. The number of aliphatic hydroxyl groups excluding tert-OH is 1. The molecule has 6 heteroatoms. The number of rotatable bonds is 4. The van der Waals surface area contributed by atoms with Crippen LogP contribution < -0.4 is 0 Å². The van der Waals surface area contributed by atoms with Gasteiger partial charge in [-0.3, -0.25) is 0 Å². The quantitative estimate of drug-likeness (QED) is 0.804. The minimum atomic E-state index is -0.735. The first kappa shape index (κ1) is 13.7. The number of aliphatic hydroxyl groups is 1. The van der Waals surface area contributed by atoms with Crippen molar-refractivity contribution in [2.75, 3.05) is 0 Å². The van der Waals surface area contributed by atoms with E-state index in [1.54, 1.807) is 18.2 Å². The highest BCUT2D eigenvalue weighted by molar-refractivity contribution is 6.30. The van der Waals surface area contributed by atoms with E-state index in [0.29, 0.717) is 10.8 Å². The van der Waals surface area contributed by atoms with Crippen LogP contribution in [0, 0.1) is 0 Å². The van der Waals surface area contributed by atoms with E-state index in [1.807, 2.05) is 36.4 Å². The van der Waals surface area contributed by atoms with Crippen LogP contribution in [-0.2, 0) is 6.54 Å². The monoisotopic (exact) mass is 300 g/mol. The summed E-state index contributed by atoms with van der Waals surface area (Å²) in [4.78, 5) is 1.38. The van der Waals surface area contributed by atoms with Gasteiger partial charge < -0.3 is 5.11 Å². The maximum Gasteiger partial charge on any atom is 0.204 e. The molecule has 3 rings (SSSR count). The van der Waals surface area contributed by atoms with Gasteiger partial charge in [-0.25, -0.2) is 0 Å². The second-order valence-corrected chi connectivity index (χ2v) is 5.04. The molecule has 0 aliphatic rings. The minimum absolute atomic E-state index is 0.222. The molecule has 106 valence electrons. The molecule has 1 heterocycles. The fraction of sp³-hybridized carbons (Fsp3) is 0.133. The minimum Gasteiger partial charge on any atom is -0.386 e. The molecule has 0 saturated carbocycles. The molecule has 21 heavy (non-hydrogen) atoms. The molecule has 3 aromatic rings. The summed E-state index contributed by atoms with van der Waals surface area (Å²) in [6, 6.07) is 16.7. The summed E-state index contributed by atoms with van der Waals surface area (Å²) in [5, 5.41) is 23.0. The maximum atomic E-state index is 10.2. The molecule has 0 spiro atoms. The first-order valence-electron chi connectivity index (χ1n) is 6.49. The van der Waals surface area contributed by atoms with Crippen molar-refractivity contribution in [2.24, 2.45) is 0 Å². The third kappa shape index (κ3) is 3.26. The van der Waals surface area contributed by atoms with Gasteiger partial charge in [0.2, 0.25) is 5.82 Å². The van der Waals surface area contributed by atoms with E-state index in [4.69, 9.17) is 11.6 Å². The third-order valence-corrected chi connectivity index (χ3v) is 3.29. The number of benzene rings is 2. The van der Waals surface area contributed by atoms with Gasteiger partial charge in [0.25, 0.3) is 0 Å². The zero-order valence-electron chi connectivity index (χ0n) is 11.1. The number of halogens is 1. The normalized spacial score (nSPS) is 12.3. The highest BCUT2D eigenvalue weighted by Gasteiger charge is 2.12. The van der Waals surface area contributed by atoms with Gasteiger partial charge in [0.15, 0.2) is 0 Å². The van der Waals surface area contributed by atoms with Crippen LogP contribution in [0.25, 0.3) is 11.4 Å². The lowest BCUT2D eigenvalue weighted by molar-refractivity contribution is 0.144. The van der Waals surface area contributed by atoms with Crippen LogP contribution in [0.1, 0.15) is 11.7 Å². The first-order chi connectivity index (χ1) is 10.2. The Bertz CT molecular complexity index is 729. The summed E-state index contributed by atoms with van der Waals surface area (Å²) in [5.41, 5.74) is 1.61. The molecule has 0 fully saturated rings. The molecule has 0 saturated heterocycles. The number of hydrogen-bond donors (Lipinski definition) is 1. The SMILES string of the molecule is OC(Cn1nnc(-c2ccccc2)n1)c1cccc(Cl)c1. The van der Waals surface area contributed by atoms with Gasteiger partial charge in [0.05, 0.1) is 6.54 Å². The van der Waals surface area contributed by atoms with Gasteiger partial charge in [-0.2, -0.15) is 4.80 Å². The number of nitrogens with zero attached hydrogens (tertiary/aromatic N) is 4. The van der Waals surface area contributed by atoms with Crippen LogP contribution in [-0.4, -0.2) is 25.3 Å². The van der Waals surface area contributed by atoms with Crippen molar-refractivity contribution in [3.8, 4) is 11.4 Å². The molecule has 2 aromatic carbocycles. The van der Waals surface area contributed by atoms with E-state index in [0.717, 1.165) is 11.1 Å². The van der Waals surface area contributed by atoms with E-state index in [-0.39, 0.29) is 6.54 Å². The highest BCUT2D eigenvalue weighted by atomic mass is 35.5. The Hall–Kier alpha value is -2.24. The zero-order chi connectivity index (χ0) is 14.7. The van der Waals surface area contributed by atoms with Crippen molar-refractivity contribution >= 4 is 11.6 Å². The van der Waals surface area contributed by atoms with Crippen molar-refractivity contribution in [3.63, 3.8) is 0 Å². The van der Waals surface area contributed by atoms with Gasteiger partial charge in [-0.05, 0) is 22.9 Å². The Balaban J connectivity index is 1.75.